The molecule has 2 aliphatic rings. The van der Waals surface area contributed by atoms with Crippen LogP contribution < -0.4 is 14.5 Å². The Morgan fingerprint density at radius 1 is 0.627 bits per heavy atom. The lowest BCUT2D eigenvalue weighted by Gasteiger charge is -2.26. The van der Waals surface area contributed by atoms with Gasteiger partial charge in [0.15, 0.2) is 0 Å². The zero-order valence-corrected chi connectivity index (χ0v) is 28.9. The molecule has 0 amide bonds. The van der Waals surface area contributed by atoms with Crippen molar-refractivity contribution in [1.29, 1.82) is 0 Å². The van der Waals surface area contributed by atoms with E-state index < -0.39 is 0 Å². The van der Waals surface area contributed by atoms with E-state index in [2.05, 4.69) is 106 Å². The highest BCUT2D eigenvalue weighted by atomic mass is 19.1. The molecule has 1 aliphatic carbocycles. The van der Waals surface area contributed by atoms with Crippen LogP contribution in [0.1, 0.15) is 62.0 Å². The van der Waals surface area contributed by atoms with E-state index in [1.54, 1.807) is 6.07 Å². The van der Waals surface area contributed by atoms with Crippen LogP contribution >= 0.6 is 0 Å². The second-order valence-electron chi connectivity index (χ2n) is 14.1. The highest BCUT2D eigenvalue weighted by Gasteiger charge is 2.30. The summed E-state index contributed by atoms with van der Waals surface area (Å²) in [4.78, 5) is 9.14. The van der Waals surface area contributed by atoms with Crippen LogP contribution in [0.2, 0.25) is 0 Å². The van der Waals surface area contributed by atoms with Crippen LogP contribution in [0.25, 0.3) is 27.6 Å². The topological polar surface area (TPSA) is 33.5 Å². The fourth-order valence-electron chi connectivity index (χ4n) is 8.20. The largest absolute Gasteiger partial charge is 0.457 e. The average Bonchev–Trinajstić information content (AvgIpc) is 3.68. The summed E-state index contributed by atoms with van der Waals surface area (Å²) < 4.78 is 24.3. The van der Waals surface area contributed by atoms with Crippen LogP contribution in [0.5, 0.6) is 11.5 Å². The Morgan fingerprint density at radius 2 is 1.33 bits per heavy atom. The molecule has 0 N–H and O–H groups in total. The Hall–Kier alpha value is -5.62. The van der Waals surface area contributed by atoms with Crippen molar-refractivity contribution >= 4 is 44.6 Å². The molecular weight excluding hydrogens is 632 g/mol. The summed E-state index contributed by atoms with van der Waals surface area (Å²) >= 11 is 0. The molecule has 1 saturated carbocycles. The summed E-state index contributed by atoms with van der Waals surface area (Å²) in [5.74, 6) is 2.71. The number of nitrogens with zero attached hydrogens (tertiary/aromatic N) is 4. The van der Waals surface area contributed by atoms with E-state index in [0.717, 1.165) is 56.4 Å². The number of pyridine rings is 1. The lowest BCUT2D eigenvalue weighted by Crippen LogP contribution is -2.24. The average molecular weight is 673 g/mol. The van der Waals surface area contributed by atoms with Crippen LogP contribution in [-0.2, 0) is 0 Å². The predicted octanol–water partition coefficient (Wildman–Crippen LogP) is 12.5. The number of hydrogen-bond acceptors (Lipinski definition) is 4. The lowest BCUT2D eigenvalue weighted by atomic mass is 9.85. The molecule has 0 atom stereocenters. The molecule has 1 aliphatic heterocycles. The quantitative estimate of drug-likeness (QED) is 0.176. The van der Waals surface area contributed by atoms with Gasteiger partial charge in [-0.05, 0) is 104 Å². The van der Waals surface area contributed by atoms with E-state index in [9.17, 15) is 0 Å². The Morgan fingerprint density at radius 3 is 2.14 bits per heavy atom. The minimum atomic E-state index is -0.227. The highest BCUT2D eigenvalue weighted by Crippen LogP contribution is 2.47. The lowest BCUT2D eigenvalue weighted by molar-refractivity contribution is 0.451. The van der Waals surface area contributed by atoms with Crippen molar-refractivity contribution < 1.29 is 9.13 Å². The number of rotatable bonds is 6. The van der Waals surface area contributed by atoms with Gasteiger partial charge in [0.1, 0.15) is 29.8 Å². The van der Waals surface area contributed by atoms with Crippen molar-refractivity contribution in [3.63, 3.8) is 0 Å². The molecule has 51 heavy (non-hydrogen) atoms. The SMILES string of the molecule is Cc1ccnc(-n2c3ccccc3c3ccc(Oc4cc(C5CCCCCCC5)cc(N5CN(c6ccccc6F)c6ccccc65)c4)cc32)c1. The first-order chi connectivity index (χ1) is 25.1. The number of hydrogen-bond donors (Lipinski definition) is 0. The fraction of sp³-hybridized carbons (Fsp3) is 0.222. The minimum absolute atomic E-state index is 0.227. The summed E-state index contributed by atoms with van der Waals surface area (Å²) in [5, 5.41) is 2.34. The van der Waals surface area contributed by atoms with E-state index >= 15 is 4.39 Å². The van der Waals surface area contributed by atoms with Gasteiger partial charge in [-0.25, -0.2) is 9.37 Å². The molecule has 0 spiro atoms. The van der Waals surface area contributed by atoms with Gasteiger partial charge in [-0.1, -0.05) is 74.6 Å². The first-order valence-corrected chi connectivity index (χ1v) is 18.3. The molecule has 7 aromatic rings. The molecule has 2 aromatic heterocycles. The van der Waals surface area contributed by atoms with Crippen LogP contribution in [-0.4, -0.2) is 16.2 Å². The number of halogens is 1. The number of ether oxygens (including phenoxy) is 1. The Kier molecular flexibility index (Phi) is 8.15. The van der Waals surface area contributed by atoms with Crippen molar-refractivity contribution in [2.45, 2.75) is 57.8 Å². The van der Waals surface area contributed by atoms with Crippen LogP contribution in [0.4, 0.5) is 27.1 Å². The third-order valence-corrected chi connectivity index (χ3v) is 10.7. The fourth-order valence-corrected chi connectivity index (χ4v) is 8.20. The maximum atomic E-state index is 15.2. The molecule has 254 valence electrons. The molecule has 5 nitrogen and oxygen atoms in total. The normalized spacial score (nSPS) is 15.3. The monoisotopic (exact) mass is 672 g/mol. The molecule has 9 rings (SSSR count). The van der Waals surface area contributed by atoms with Gasteiger partial charge >= 0.3 is 0 Å². The zero-order valence-electron chi connectivity index (χ0n) is 28.9. The van der Waals surface area contributed by atoms with Crippen molar-refractivity contribution in [2.24, 2.45) is 0 Å². The number of aryl methyl sites for hydroxylation is 1. The first-order valence-electron chi connectivity index (χ1n) is 18.3. The van der Waals surface area contributed by atoms with Gasteiger partial charge in [0, 0.05) is 34.8 Å². The standard InChI is InChI=1S/C45H41FN4O/c1-31-23-24-47-45(25-31)50-40-17-9-7-15-37(40)38-22-21-35(29-44(38)50)51-36-27-33(32-13-5-3-2-4-6-14-32)26-34(28-36)48-30-49(41-18-10-8-16-39(41)46)43-20-12-11-19-42(43)48/h7-12,15-29,32H,2-6,13-14,30H2,1H3. The van der Waals surface area contributed by atoms with E-state index in [1.807, 2.05) is 30.5 Å². The Labute approximate surface area is 298 Å². The summed E-state index contributed by atoms with van der Waals surface area (Å²) in [5.41, 5.74) is 8.31. The second kappa shape index (κ2) is 13.3. The number of para-hydroxylation sites is 4. The van der Waals surface area contributed by atoms with Crippen LogP contribution in [0.3, 0.4) is 0 Å². The van der Waals surface area contributed by atoms with Crippen molar-refractivity contribution in [2.75, 3.05) is 16.5 Å². The smallest absolute Gasteiger partial charge is 0.146 e. The van der Waals surface area contributed by atoms with Crippen LogP contribution in [0.15, 0.2) is 128 Å². The van der Waals surface area contributed by atoms with E-state index in [4.69, 9.17) is 9.72 Å². The van der Waals surface area contributed by atoms with E-state index in [-0.39, 0.29) is 5.82 Å². The van der Waals surface area contributed by atoms with Gasteiger partial charge in [-0.3, -0.25) is 4.57 Å². The van der Waals surface area contributed by atoms with Crippen molar-refractivity contribution in [3.05, 3.63) is 144 Å². The van der Waals surface area contributed by atoms with Gasteiger partial charge in [0.25, 0.3) is 0 Å². The maximum Gasteiger partial charge on any atom is 0.146 e. The van der Waals surface area contributed by atoms with Gasteiger partial charge < -0.3 is 14.5 Å². The molecule has 0 bridgehead atoms. The molecule has 0 radical (unpaired) electrons. The van der Waals surface area contributed by atoms with E-state index in [1.165, 1.54) is 62.0 Å². The second-order valence-corrected chi connectivity index (χ2v) is 14.1. The zero-order chi connectivity index (χ0) is 34.3. The molecule has 1 fully saturated rings. The molecule has 0 unspecified atom stereocenters. The van der Waals surface area contributed by atoms with Crippen molar-refractivity contribution in [3.8, 4) is 17.3 Å². The van der Waals surface area contributed by atoms with Gasteiger partial charge in [0.2, 0.25) is 0 Å². The van der Waals surface area contributed by atoms with Crippen molar-refractivity contribution in [1.82, 2.24) is 9.55 Å². The highest BCUT2D eigenvalue weighted by molar-refractivity contribution is 6.09. The third kappa shape index (κ3) is 5.89. The Balaban J connectivity index is 1.15. The molecule has 3 heterocycles. The number of fused-ring (bicyclic) bond motifs is 4. The summed E-state index contributed by atoms with van der Waals surface area (Å²) in [7, 11) is 0. The molecular formula is C45H41FN4O. The van der Waals surface area contributed by atoms with Gasteiger partial charge in [-0.2, -0.15) is 0 Å². The third-order valence-electron chi connectivity index (χ3n) is 10.7. The number of benzene rings is 5. The Bertz CT molecular complexity index is 2370. The minimum Gasteiger partial charge on any atom is -0.457 e. The number of anilines is 4. The molecule has 5 aromatic carbocycles. The first kappa shape index (κ1) is 31.4. The molecule has 6 heteroatoms. The molecule has 0 saturated heterocycles. The predicted molar refractivity (Wildman–Crippen MR) is 207 cm³/mol. The summed E-state index contributed by atoms with van der Waals surface area (Å²) in [6, 6.07) is 41.1. The van der Waals surface area contributed by atoms with Gasteiger partial charge in [-0.15, -0.1) is 0 Å². The summed E-state index contributed by atoms with van der Waals surface area (Å²) in [6.07, 6.45) is 10.6. The number of aromatic nitrogens is 2. The van der Waals surface area contributed by atoms with E-state index in [0.29, 0.717) is 18.3 Å². The van der Waals surface area contributed by atoms with Gasteiger partial charge in [0.05, 0.1) is 28.1 Å². The van der Waals surface area contributed by atoms with Crippen LogP contribution in [0, 0.1) is 12.7 Å². The maximum absolute atomic E-state index is 15.2. The summed E-state index contributed by atoms with van der Waals surface area (Å²) in [6.45, 7) is 2.60.